The van der Waals surface area contributed by atoms with Gasteiger partial charge < -0.3 is 0 Å². The number of hydrogen-bond donors (Lipinski definition) is 0. The maximum absolute atomic E-state index is 12.4. The topological polar surface area (TPSA) is 48.9 Å². The quantitative estimate of drug-likeness (QED) is 0.758. The molecular weight excluding hydrogens is 254 g/mol. The number of hydrogen-bond acceptors (Lipinski definition) is 2. The van der Waals surface area contributed by atoms with E-state index in [1.165, 1.54) is 11.6 Å². The van der Waals surface area contributed by atoms with E-state index in [1.807, 2.05) is 24.3 Å². The molecule has 1 saturated carbocycles. The van der Waals surface area contributed by atoms with Crippen molar-refractivity contribution in [3.8, 4) is 0 Å². The van der Waals surface area contributed by atoms with Crippen LogP contribution in [0.1, 0.15) is 24.9 Å². The fourth-order valence-electron chi connectivity index (χ4n) is 4.61. The molecule has 5 nitrogen and oxygen atoms in total. The van der Waals surface area contributed by atoms with E-state index in [2.05, 4.69) is 13.2 Å². The van der Waals surface area contributed by atoms with Gasteiger partial charge in [-0.1, -0.05) is 24.3 Å². The van der Waals surface area contributed by atoms with E-state index in [-0.39, 0.29) is 34.3 Å². The van der Waals surface area contributed by atoms with E-state index >= 15 is 0 Å². The molecule has 2 bridgehead atoms. The summed E-state index contributed by atoms with van der Waals surface area (Å²) < 4.78 is 4.40. The lowest BCUT2D eigenvalue weighted by molar-refractivity contribution is -0.109. The lowest BCUT2D eigenvalue weighted by atomic mass is 9.41. The average molecular weight is 271 g/mol. The molecule has 0 aromatic carbocycles. The molecule has 1 aromatic heterocycles. The van der Waals surface area contributed by atoms with Crippen LogP contribution in [0.2, 0.25) is 0 Å². The van der Waals surface area contributed by atoms with Crippen LogP contribution in [0.3, 0.4) is 0 Å². The molecule has 1 aromatic rings. The van der Waals surface area contributed by atoms with Gasteiger partial charge in [0.2, 0.25) is 0 Å². The molecule has 0 saturated heterocycles. The minimum atomic E-state index is -0.250. The minimum absolute atomic E-state index is 0.141. The van der Waals surface area contributed by atoms with Crippen LogP contribution in [0.25, 0.3) is 0 Å². The summed E-state index contributed by atoms with van der Waals surface area (Å²) in [4.78, 5) is 24.7. The highest BCUT2D eigenvalue weighted by Gasteiger charge is 2.68. The fourth-order valence-corrected chi connectivity index (χ4v) is 4.61. The van der Waals surface area contributed by atoms with Gasteiger partial charge >= 0.3 is 11.4 Å². The third-order valence-electron chi connectivity index (χ3n) is 5.80. The van der Waals surface area contributed by atoms with Crippen molar-refractivity contribution >= 4 is 0 Å². The third-order valence-corrected chi connectivity index (χ3v) is 5.80. The zero-order valence-electron chi connectivity index (χ0n) is 11.5. The van der Waals surface area contributed by atoms with Gasteiger partial charge in [-0.3, -0.25) is 0 Å². The summed E-state index contributed by atoms with van der Waals surface area (Å²) in [6, 6.07) is -0.281. The van der Waals surface area contributed by atoms with E-state index < -0.39 is 0 Å². The molecule has 1 fully saturated rings. The Morgan fingerprint density at radius 3 is 1.75 bits per heavy atom. The molecule has 5 heteroatoms. The van der Waals surface area contributed by atoms with Crippen LogP contribution in [0, 0.1) is 10.8 Å². The van der Waals surface area contributed by atoms with Crippen LogP contribution in [0.4, 0.5) is 0 Å². The van der Waals surface area contributed by atoms with Crippen LogP contribution in [-0.2, 0) is 7.05 Å². The summed E-state index contributed by atoms with van der Waals surface area (Å²) in [6.07, 6.45) is 9.98. The van der Waals surface area contributed by atoms with Crippen molar-refractivity contribution in [1.29, 1.82) is 0 Å². The molecule has 0 radical (unpaired) electrons. The van der Waals surface area contributed by atoms with Gasteiger partial charge in [-0.25, -0.2) is 23.5 Å². The first kappa shape index (κ1) is 11.8. The van der Waals surface area contributed by atoms with Gasteiger partial charge in [0.25, 0.3) is 0 Å². The molecule has 0 amide bonds. The molecule has 2 aliphatic heterocycles. The van der Waals surface area contributed by atoms with Crippen molar-refractivity contribution in [2.45, 2.75) is 24.9 Å². The average Bonchev–Trinajstić information content (AvgIpc) is 2.66. The molecule has 0 spiro atoms. The van der Waals surface area contributed by atoms with Crippen LogP contribution in [-0.4, -0.2) is 13.9 Å². The maximum atomic E-state index is 12.4. The Bertz CT molecular complexity index is 730. The first-order valence-electron chi connectivity index (χ1n) is 6.89. The van der Waals surface area contributed by atoms with E-state index in [4.69, 9.17) is 0 Å². The summed E-state index contributed by atoms with van der Waals surface area (Å²) in [6.45, 7) is 8.02. The van der Waals surface area contributed by atoms with E-state index in [9.17, 15) is 9.59 Å². The fraction of sp³-hybridized carbons (Fsp3) is 0.467. The molecular formula is C15H17N3O2. The highest BCUT2D eigenvalue weighted by molar-refractivity contribution is 5.36. The Morgan fingerprint density at radius 1 is 1.05 bits per heavy atom. The normalized spacial score (nSPS) is 39.9. The summed E-state index contributed by atoms with van der Waals surface area (Å²) >= 11 is 0. The summed E-state index contributed by atoms with van der Waals surface area (Å²) in [5, 5.41) is 0. The Kier molecular flexibility index (Phi) is 1.86. The van der Waals surface area contributed by atoms with E-state index in [0.717, 1.165) is 12.8 Å². The zero-order valence-corrected chi connectivity index (χ0v) is 11.5. The molecule has 0 N–H and O–H groups in total. The molecule has 4 atom stereocenters. The SMILES string of the molecule is C=CC12CC[C@]1(C=C)[C@H]1C=CC2n2c(=O)n(C)c(=O)n21. The van der Waals surface area contributed by atoms with Gasteiger partial charge in [0.15, 0.2) is 0 Å². The predicted octanol–water partition coefficient (Wildman–Crippen LogP) is 1.15. The number of nitrogens with zero attached hydrogens (tertiary/aromatic N) is 3. The van der Waals surface area contributed by atoms with Gasteiger partial charge in [0, 0.05) is 17.9 Å². The van der Waals surface area contributed by atoms with Crippen molar-refractivity contribution in [2.75, 3.05) is 0 Å². The zero-order chi connectivity index (χ0) is 14.3. The maximum Gasteiger partial charge on any atom is 0.347 e. The standard InChI is InChI=1S/C15H17N3O2/c1-4-14-8-9-15(14,5-2)11-7-6-10(14)17-12(19)16(3)13(20)18(11)17/h4-7,10-11H,1-2,8-9H2,3H3/t10-,11?,14-,15?/m1/s1. The molecule has 2 aliphatic carbocycles. The second-order valence-corrected chi connectivity index (χ2v) is 6.08. The lowest BCUT2D eigenvalue weighted by Gasteiger charge is -2.67. The number of rotatable bonds is 2. The number of allylic oxidation sites excluding steroid dienone is 4. The van der Waals surface area contributed by atoms with Crippen molar-refractivity contribution < 1.29 is 0 Å². The second-order valence-electron chi connectivity index (χ2n) is 6.08. The minimum Gasteiger partial charge on any atom is -0.246 e. The van der Waals surface area contributed by atoms with Gasteiger partial charge in [-0.2, -0.15) is 0 Å². The summed E-state index contributed by atoms with van der Waals surface area (Å²) in [5.41, 5.74) is -0.877. The first-order chi connectivity index (χ1) is 9.54. The largest absolute Gasteiger partial charge is 0.347 e. The van der Waals surface area contributed by atoms with Crippen molar-refractivity contribution in [2.24, 2.45) is 17.9 Å². The van der Waals surface area contributed by atoms with Crippen LogP contribution in [0.5, 0.6) is 0 Å². The second kappa shape index (κ2) is 3.16. The van der Waals surface area contributed by atoms with E-state index in [0.29, 0.717) is 0 Å². The van der Waals surface area contributed by atoms with Gasteiger partial charge in [0.05, 0.1) is 12.1 Å². The Hall–Kier alpha value is -2.04. The molecule has 3 heterocycles. The van der Waals surface area contributed by atoms with E-state index in [1.54, 1.807) is 9.36 Å². The van der Waals surface area contributed by atoms with Crippen molar-refractivity contribution in [3.63, 3.8) is 0 Å². The van der Waals surface area contributed by atoms with Crippen LogP contribution in [0.15, 0.2) is 47.1 Å². The van der Waals surface area contributed by atoms with Crippen LogP contribution < -0.4 is 11.4 Å². The third kappa shape index (κ3) is 0.846. The van der Waals surface area contributed by atoms with Crippen molar-refractivity contribution in [1.82, 2.24) is 13.9 Å². The lowest BCUT2D eigenvalue weighted by Crippen LogP contribution is -2.65. The highest BCUT2D eigenvalue weighted by atomic mass is 16.2. The highest BCUT2D eigenvalue weighted by Crippen LogP contribution is 2.72. The predicted molar refractivity (Wildman–Crippen MR) is 75.6 cm³/mol. The van der Waals surface area contributed by atoms with Gasteiger partial charge in [-0.05, 0) is 12.8 Å². The molecule has 2 unspecified atom stereocenters. The summed E-state index contributed by atoms with van der Waals surface area (Å²) in [7, 11) is 1.53. The number of aromatic nitrogens is 3. The molecule has 4 aliphatic rings. The molecule has 5 rings (SSSR count). The van der Waals surface area contributed by atoms with Crippen LogP contribution >= 0.6 is 0 Å². The smallest absolute Gasteiger partial charge is 0.246 e. The van der Waals surface area contributed by atoms with Gasteiger partial charge in [0.1, 0.15) is 0 Å². The molecule has 20 heavy (non-hydrogen) atoms. The Balaban J connectivity index is 2.15. The van der Waals surface area contributed by atoms with Gasteiger partial charge in [-0.15, -0.1) is 13.2 Å². The monoisotopic (exact) mass is 271 g/mol. The Morgan fingerprint density at radius 2 is 1.45 bits per heavy atom. The first-order valence-corrected chi connectivity index (χ1v) is 6.89. The van der Waals surface area contributed by atoms with Crippen molar-refractivity contribution in [3.05, 3.63) is 58.4 Å². The molecule has 104 valence electrons. The Labute approximate surface area is 116 Å². The summed E-state index contributed by atoms with van der Waals surface area (Å²) in [5.74, 6) is 0.